The number of nitrogens with zero attached hydrogens (tertiary/aromatic N) is 1. The number of ketones is 1. The number of carbonyl (C=O) groups excluding carboxylic acids is 2. The van der Waals surface area contributed by atoms with Crippen LogP contribution < -0.4 is 0 Å². The Hall–Kier alpha value is -2.49. The summed E-state index contributed by atoms with van der Waals surface area (Å²) < 4.78 is 4.72. The normalized spacial score (nSPS) is 10.1. The number of pyridine rings is 1. The van der Waals surface area contributed by atoms with Gasteiger partial charge in [0.1, 0.15) is 5.78 Å². The number of aromatic nitrogens is 1. The quantitative estimate of drug-likeness (QED) is 0.781. The zero-order valence-electron chi connectivity index (χ0n) is 11.2. The Balaban J connectivity index is 2.10. The molecule has 0 aliphatic heterocycles. The van der Waals surface area contributed by atoms with Crippen LogP contribution in [0.2, 0.25) is 0 Å². The highest BCUT2D eigenvalue weighted by Gasteiger charge is 2.14. The summed E-state index contributed by atoms with van der Waals surface area (Å²) in [5, 5.41) is 0. The third kappa shape index (κ3) is 3.51. The van der Waals surface area contributed by atoms with Crippen molar-refractivity contribution in [2.45, 2.75) is 12.8 Å². The minimum atomic E-state index is -0.419. The number of methoxy groups -OCH3 is 1. The number of hydrogen-bond donors (Lipinski definition) is 0. The second-order valence-electron chi connectivity index (χ2n) is 4.40. The average Bonchev–Trinajstić information content (AvgIpc) is 2.48. The molecule has 0 spiro atoms. The van der Waals surface area contributed by atoms with Crippen LogP contribution in [-0.2, 0) is 22.4 Å². The lowest BCUT2D eigenvalue weighted by molar-refractivity contribution is -0.117. The SMILES string of the molecule is COC(=O)c1ccccc1CC(=O)Cc1ccncc1. The molecular weight excluding hydrogens is 254 g/mol. The zero-order chi connectivity index (χ0) is 14.4. The molecule has 0 bridgehead atoms. The Kier molecular flexibility index (Phi) is 4.60. The maximum absolute atomic E-state index is 12.1. The van der Waals surface area contributed by atoms with Crippen LogP contribution in [0.4, 0.5) is 0 Å². The largest absolute Gasteiger partial charge is 0.465 e. The number of Topliss-reactive ketones (excluding diaryl/α,β-unsaturated/α-hetero) is 1. The Bertz CT molecular complexity index is 608. The van der Waals surface area contributed by atoms with Crippen molar-refractivity contribution >= 4 is 11.8 Å². The molecule has 1 heterocycles. The van der Waals surface area contributed by atoms with Gasteiger partial charge in [-0.1, -0.05) is 18.2 Å². The van der Waals surface area contributed by atoms with Crippen molar-refractivity contribution in [3.8, 4) is 0 Å². The molecule has 0 fully saturated rings. The molecule has 4 nitrogen and oxygen atoms in total. The first-order valence-corrected chi connectivity index (χ1v) is 6.27. The van der Waals surface area contributed by atoms with E-state index in [1.54, 1.807) is 30.6 Å². The van der Waals surface area contributed by atoms with Gasteiger partial charge in [0, 0.05) is 25.2 Å². The van der Waals surface area contributed by atoms with Crippen LogP contribution in [0.15, 0.2) is 48.8 Å². The number of carbonyl (C=O) groups is 2. The molecule has 0 unspecified atom stereocenters. The molecule has 1 aromatic carbocycles. The number of hydrogen-bond acceptors (Lipinski definition) is 4. The molecular formula is C16H15NO3. The summed E-state index contributed by atoms with van der Waals surface area (Å²) in [6.07, 6.45) is 3.86. The molecule has 0 N–H and O–H groups in total. The zero-order valence-corrected chi connectivity index (χ0v) is 11.2. The highest BCUT2D eigenvalue weighted by atomic mass is 16.5. The summed E-state index contributed by atoms with van der Waals surface area (Å²) in [5.41, 5.74) is 2.05. The highest BCUT2D eigenvalue weighted by Crippen LogP contribution is 2.12. The van der Waals surface area contributed by atoms with Gasteiger partial charge in [-0.15, -0.1) is 0 Å². The van der Waals surface area contributed by atoms with Crippen LogP contribution >= 0.6 is 0 Å². The van der Waals surface area contributed by atoms with E-state index in [2.05, 4.69) is 4.98 Å². The van der Waals surface area contributed by atoms with Crippen LogP contribution in [0, 0.1) is 0 Å². The van der Waals surface area contributed by atoms with Crippen LogP contribution in [0.3, 0.4) is 0 Å². The van der Waals surface area contributed by atoms with Crippen molar-refractivity contribution in [2.75, 3.05) is 7.11 Å². The van der Waals surface area contributed by atoms with E-state index in [-0.39, 0.29) is 12.2 Å². The number of rotatable bonds is 5. The van der Waals surface area contributed by atoms with Gasteiger partial charge in [-0.2, -0.15) is 0 Å². The van der Waals surface area contributed by atoms with E-state index in [4.69, 9.17) is 4.74 Å². The lowest BCUT2D eigenvalue weighted by Gasteiger charge is -2.07. The fraction of sp³-hybridized carbons (Fsp3) is 0.188. The van der Waals surface area contributed by atoms with Crippen LogP contribution in [-0.4, -0.2) is 23.8 Å². The van der Waals surface area contributed by atoms with Gasteiger partial charge in [-0.05, 0) is 29.3 Å². The topological polar surface area (TPSA) is 56.3 Å². The van der Waals surface area contributed by atoms with E-state index in [0.717, 1.165) is 5.56 Å². The third-order valence-corrected chi connectivity index (χ3v) is 2.96. The lowest BCUT2D eigenvalue weighted by Crippen LogP contribution is -2.11. The van der Waals surface area contributed by atoms with Gasteiger partial charge in [-0.3, -0.25) is 9.78 Å². The average molecular weight is 269 g/mol. The number of ether oxygens (including phenoxy) is 1. The summed E-state index contributed by atoms with van der Waals surface area (Å²) >= 11 is 0. The van der Waals surface area contributed by atoms with Gasteiger partial charge in [0.15, 0.2) is 0 Å². The van der Waals surface area contributed by atoms with Gasteiger partial charge in [-0.25, -0.2) is 4.79 Å². The van der Waals surface area contributed by atoms with E-state index < -0.39 is 5.97 Å². The lowest BCUT2D eigenvalue weighted by atomic mass is 9.99. The number of esters is 1. The van der Waals surface area contributed by atoms with Crippen molar-refractivity contribution in [1.29, 1.82) is 0 Å². The van der Waals surface area contributed by atoms with Crippen molar-refractivity contribution in [2.24, 2.45) is 0 Å². The van der Waals surface area contributed by atoms with E-state index in [0.29, 0.717) is 17.5 Å². The summed E-state index contributed by atoms with van der Waals surface area (Å²) in [4.78, 5) is 27.6. The Morgan fingerprint density at radius 3 is 2.45 bits per heavy atom. The van der Waals surface area contributed by atoms with Crippen molar-refractivity contribution in [3.63, 3.8) is 0 Å². The fourth-order valence-corrected chi connectivity index (χ4v) is 1.99. The van der Waals surface area contributed by atoms with Gasteiger partial charge in [0.25, 0.3) is 0 Å². The smallest absolute Gasteiger partial charge is 0.338 e. The minimum absolute atomic E-state index is 0.0487. The standard InChI is InChI=1S/C16H15NO3/c1-20-16(19)15-5-3-2-4-13(15)11-14(18)10-12-6-8-17-9-7-12/h2-9H,10-11H2,1H3. The summed E-state index contributed by atoms with van der Waals surface area (Å²) in [5.74, 6) is -0.370. The minimum Gasteiger partial charge on any atom is -0.465 e. The molecule has 2 aromatic rings. The first-order chi connectivity index (χ1) is 9.70. The Morgan fingerprint density at radius 2 is 1.75 bits per heavy atom. The number of benzene rings is 1. The highest BCUT2D eigenvalue weighted by molar-refractivity contribution is 5.93. The molecule has 4 heteroatoms. The second kappa shape index (κ2) is 6.61. The monoisotopic (exact) mass is 269 g/mol. The maximum atomic E-state index is 12.1. The molecule has 0 saturated heterocycles. The van der Waals surface area contributed by atoms with E-state index >= 15 is 0 Å². The Morgan fingerprint density at radius 1 is 1.05 bits per heavy atom. The van der Waals surface area contributed by atoms with Gasteiger partial charge in [0.05, 0.1) is 12.7 Å². The van der Waals surface area contributed by atoms with E-state index in [1.807, 2.05) is 18.2 Å². The second-order valence-corrected chi connectivity index (χ2v) is 4.40. The van der Waals surface area contributed by atoms with Crippen molar-refractivity contribution in [1.82, 2.24) is 4.98 Å². The molecule has 0 saturated carbocycles. The van der Waals surface area contributed by atoms with Crippen LogP contribution in [0.1, 0.15) is 21.5 Å². The van der Waals surface area contributed by atoms with Gasteiger partial charge in [0.2, 0.25) is 0 Å². The maximum Gasteiger partial charge on any atom is 0.338 e. The van der Waals surface area contributed by atoms with Crippen LogP contribution in [0.5, 0.6) is 0 Å². The van der Waals surface area contributed by atoms with Gasteiger partial charge < -0.3 is 4.74 Å². The van der Waals surface area contributed by atoms with E-state index in [9.17, 15) is 9.59 Å². The molecule has 0 radical (unpaired) electrons. The predicted molar refractivity (Wildman–Crippen MR) is 74.4 cm³/mol. The molecule has 0 aliphatic rings. The first kappa shape index (κ1) is 13.9. The molecule has 2 rings (SSSR count). The van der Waals surface area contributed by atoms with Crippen molar-refractivity contribution in [3.05, 3.63) is 65.5 Å². The molecule has 0 atom stereocenters. The molecule has 1 aromatic heterocycles. The summed E-state index contributed by atoms with van der Waals surface area (Å²) in [6, 6.07) is 10.6. The van der Waals surface area contributed by atoms with Crippen molar-refractivity contribution < 1.29 is 14.3 Å². The van der Waals surface area contributed by atoms with Gasteiger partial charge >= 0.3 is 5.97 Å². The first-order valence-electron chi connectivity index (χ1n) is 6.27. The van der Waals surface area contributed by atoms with Crippen LogP contribution in [0.25, 0.3) is 0 Å². The molecule has 20 heavy (non-hydrogen) atoms. The molecule has 0 aliphatic carbocycles. The summed E-state index contributed by atoms with van der Waals surface area (Å²) in [7, 11) is 1.33. The van der Waals surface area contributed by atoms with E-state index in [1.165, 1.54) is 7.11 Å². The Labute approximate surface area is 117 Å². The third-order valence-electron chi connectivity index (χ3n) is 2.96. The molecule has 0 amide bonds. The fourth-order valence-electron chi connectivity index (χ4n) is 1.99. The predicted octanol–water partition coefficient (Wildman–Crippen LogP) is 2.22. The molecule has 102 valence electrons. The summed E-state index contributed by atoms with van der Waals surface area (Å²) in [6.45, 7) is 0.